The summed E-state index contributed by atoms with van der Waals surface area (Å²) in [6.07, 6.45) is 3.45. The molecule has 0 radical (unpaired) electrons. The Kier molecular flexibility index (Phi) is 4.08. The molecule has 0 aliphatic carbocycles. The van der Waals surface area contributed by atoms with E-state index < -0.39 is 5.60 Å². The summed E-state index contributed by atoms with van der Waals surface area (Å²) in [5.74, 6) is 0. The first-order valence-corrected chi connectivity index (χ1v) is 6.92. The van der Waals surface area contributed by atoms with Crippen molar-refractivity contribution >= 4 is 0 Å². The Hall–Kier alpha value is -0.860. The molecule has 100 valence electrons. The van der Waals surface area contributed by atoms with Crippen molar-refractivity contribution in [2.24, 2.45) is 0 Å². The second-order valence-electron chi connectivity index (χ2n) is 5.75. The van der Waals surface area contributed by atoms with E-state index in [-0.39, 0.29) is 6.10 Å². The van der Waals surface area contributed by atoms with E-state index in [0.717, 1.165) is 25.7 Å². The third kappa shape index (κ3) is 3.33. The van der Waals surface area contributed by atoms with Crippen LogP contribution in [0.25, 0.3) is 0 Å². The third-order valence-electron chi connectivity index (χ3n) is 3.80. The molecule has 2 rings (SSSR count). The molecule has 1 heterocycles. The molecule has 1 aliphatic rings. The molecule has 1 aromatic rings. The van der Waals surface area contributed by atoms with Crippen molar-refractivity contribution in [3.8, 4) is 0 Å². The Morgan fingerprint density at radius 1 is 1.28 bits per heavy atom. The van der Waals surface area contributed by atoms with Crippen LogP contribution in [-0.2, 0) is 11.2 Å². The number of hydrogen-bond acceptors (Lipinski definition) is 2. The maximum absolute atomic E-state index is 10.7. The van der Waals surface area contributed by atoms with Crippen LogP contribution in [0.5, 0.6) is 0 Å². The van der Waals surface area contributed by atoms with Crippen LogP contribution < -0.4 is 0 Å². The lowest BCUT2D eigenvalue weighted by atomic mass is 9.83. The van der Waals surface area contributed by atoms with Crippen molar-refractivity contribution in [2.75, 3.05) is 6.61 Å². The van der Waals surface area contributed by atoms with Gasteiger partial charge < -0.3 is 9.84 Å². The molecule has 18 heavy (non-hydrogen) atoms. The minimum atomic E-state index is -0.584. The predicted molar refractivity (Wildman–Crippen MR) is 73.8 cm³/mol. The van der Waals surface area contributed by atoms with Crippen molar-refractivity contribution in [3.63, 3.8) is 0 Å². The fraction of sp³-hybridized carbons (Fsp3) is 0.625. The monoisotopic (exact) mass is 248 g/mol. The average Bonchev–Trinajstić information content (AvgIpc) is 2.26. The molecule has 0 saturated carbocycles. The quantitative estimate of drug-likeness (QED) is 0.890. The highest BCUT2D eigenvalue weighted by Gasteiger charge is 2.34. The second-order valence-corrected chi connectivity index (χ2v) is 5.75. The highest BCUT2D eigenvalue weighted by Crippen LogP contribution is 2.30. The van der Waals surface area contributed by atoms with Crippen molar-refractivity contribution in [1.82, 2.24) is 0 Å². The molecule has 1 N–H and O–H groups in total. The Balaban J connectivity index is 2.11. The molecule has 0 aromatic heterocycles. The number of aliphatic hydroxyl groups is 1. The zero-order valence-corrected chi connectivity index (χ0v) is 11.7. The molecular formula is C16H24O2. The number of benzene rings is 1. The van der Waals surface area contributed by atoms with Gasteiger partial charge >= 0.3 is 0 Å². The molecule has 1 aliphatic heterocycles. The Morgan fingerprint density at radius 3 is 2.56 bits per heavy atom. The van der Waals surface area contributed by atoms with Gasteiger partial charge in [0.05, 0.1) is 11.7 Å². The second kappa shape index (κ2) is 5.41. The van der Waals surface area contributed by atoms with Gasteiger partial charge in [0.2, 0.25) is 0 Å². The minimum absolute atomic E-state index is 0.217. The van der Waals surface area contributed by atoms with Gasteiger partial charge in [-0.25, -0.2) is 0 Å². The molecule has 2 atom stereocenters. The molecule has 2 nitrogen and oxygen atoms in total. The lowest BCUT2D eigenvalue weighted by molar-refractivity contribution is -0.103. The van der Waals surface area contributed by atoms with Crippen molar-refractivity contribution in [1.29, 1.82) is 0 Å². The van der Waals surface area contributed by atoms with Crippen molar-refractivity contribution < 1.29 is 9.84 Å². The van der Waals surface area contributed by atoms with Gasteiger partial charge in [0.15, 0.2) is 0 Å². The fourth-order valence-corrected chi connectivity index (χ4v) is 2.97. The van der Waals surface area contributed by atoms with Crippen LogP contribution >= 0.6 is 0 Å². The maximum Gasteiger partial charge on any atom is 0.0734 e. The van der Waals surface area contributed by atoms with Gasteiger partial charge in [0.1, 0.15) is 0 Å². The fourth-order valence-electron chi connectivity index (χ4n) is 2.97. The van der Waals surface area contributed by atoms with E-state index in [4.69, 9.17) is 4.74 Å². The summed E-state index contributed by atoms with van der Waals surface area (Å²) < 4.78 is 5.65. The maximum atomic E-state index is 10.7. The lowest BCUT2D eigenvalue weighted by Gasteiger charge is -2.37. The van der Waals surface area contributed by atoms with E-state index in [9.17, 15) is 5.11 Å². The third-order valence-corrected chi connectivity index (χ3v) is 3.80. The topological polar surface area (TPSA) is 29.5 Å². The molecule has 2 heteroatoms. The van der Waals surface area contributed by atoms with Crippen LogP contribution in [0.3, 0.4) is 0 Å². The summed E-state index contributed by atoms with van der Waals surface area (Å²) in [6, 6.07) is 6.54. The normalized spacial score (nSPS) is 28.3. The summed E-state index contributed by atoms with van der Waals surface area (Å²) in [6.45, 7) is 7.02. The van der Waals surface area contributed by atoms with E-state index in [1.807, 2.05) is 0 Å². The van der Waals surface area contributed by atoms with Gasteiger partial charge in [0, 0.05) is 19.4 Å². The SMILES string of the molecule is CCC1CC(O)(Cc2cc(C)cc(C)c2)CCO1. The zero-order valence-electron chi connectivity index (χ0n) is 11.7. The number of hydrogen-bond donors (Lipinski definition) is 1. The van der Waals surface area contributed by atoms with Gasteiger partial charge in [-0.1, -0.05) is 36.2 Å². The van der Waals surface area contributed by atoms with Crippen LogP contribution in [0.4, 0.5) is 0 Å². The molecule has 2 unspecified atom stereocenters. The summed E-state index contributed by atoms with van der Waals surface area (Å²) in [4.78, 5) is 0. The van der Waals surface area contributed by atoms with E-state index in [2.05, 4.69) is 39.0 Å². The van der Waals surface area contributed by atoms with Crippen LogP contribution in [0, 0.1) is 13.8 Å². The highest BCUT2D eigenvalue weighted by molar-refractivity contribution is 5.29. The van der Waals surface area contributed by atoms with Gasteiger partial charge in [0.25, 0.3) is 0 Å². The molecule has 0 spiro atoms. The summed E-state index contributed by atoms with van der Waals surface area (Å²) in [5, 5.41) is 10.7. The minimum Gasteiger partial charge on any atom is -0.389 e. The van der Waals surface area contributed by atoms with Gasteiger partial charge in [-0.2, -0.15) is 0 Å². The summed E-state index contributed by atoms with van der Waals surface area (Å²) >= 11 is 0. The number of ether oxygens (including phenoxy) is 1. The first-order chi connectivity index (χ1) is 8.50. The number of aryl methyl sites for hydroxylation is 2. The molecule has 1 aromatic carbocycles. The Morgan fingerprint density at radius 2 is 1.94 bits per heavy atom. The Labute approximate surface area is 110 Å². The van der Waals surface area contributed by atoms with Crippen LogP contribution in [-0.4, -0.2) is 23.4 Å². The van der Waals surface area contributed by atoms with Crippen LogP contribution in [0.2, 0.25) is 0 Å². The smallest absolute Gasteiger partial charge is 0.0734 e. The standard InChI is InChI=1S/C16H24O2/c1-4-15-11-16(17,5-6-18-15)10-14-8-12(2)7-13(3)9-14/h7-9,15,17H,4-6,10-11H2,1-3H3. The van der Waals surface area contributed by atoms with E-state index in [1.165, 1.54) is 16.7 Å². The van der Waals surface area contributed by atoms with E-state index in [1.54, 1.807) is 0 Å². The highest BCUT2D eigenvalue weighted by atomic mass is 16.5. The first kappa shape index (κ1) is 13.6. The van der Waals surface area contributed by atoms with E-state index in [0.29, 0.717) is 6.61 Å². The van der Waals surface area contributed by atoms with Gasteiger partial charge in [-0.3, -0.25) is 0 Å². The largest absolute Gasteiger partial charge is 0.389 e. The Bertz CT molecular complexity index is 393. The average molecular weight is 248 g/mol. The van der Waals surface area contributed by atoms with E-state index >= 15 is 0 Å². The number of rotatable bonds is 3. The van der Waals surface area contributed by atoms with Crippen LogP contribution in [0.1, 0.15) is 42.9 Å². The first-order valence-electron chi connectivity index (χ1n) is 6.92. The van der Waals surface area contributed by atoms with Crippen molar-refractivity contribution in [3.05, 3.63) is 34.9 Å². The van der Waals surface area contributed by atoms with Crippen LogP contribution in [0.15, 0.2) is 18.2 Å². The molecular weight excluding hydrogens is 224 g/mol. The molecule has 1 saturated heterocycles. The molecule has 0 bridgehead atoms. The lowest BCUT2D eigenvalue weighted by Crippen LogP contribution is -2.42. The molecule has 0 amide bonds. The summed E-state index contributed by atoms with van der Waals surface area (Å²) in [5.41, 5.74) is 3.20. The molecule has 1 fully saturated rings. The summed E-state index contributed by atoms with van der Waals surface area (Å²) in [7, 11) is 0. The zero-order chi connectivity index (χ0) is 13.2. The predicted octanol–water partition coefficient (Wildman–Crippen LogP) is 3.17. The van der Waals surface area contributed by atoms with Gasteiger partial charge in [-0.05, 0) is 32.3 Å². The van der Waals surface area contributed by atoms with Crippen molar-refractivity contribution in [2.45, 2.75) is 58.2 Å². The van der Waals surface area contributed by atoms with Gasteiger partial charge in [-0.15, -0.1) is 0 Å².